The molecular weight excluding hydrogens is 490 g/mol. The van der Waals surface area contributed by atoms with Gasteiger partial charge in [0, 0.05) is 17.3 Å². The number of rotatable bonds is 7. The number of ether oxygens (including phenoxy) is 1. The highest BCUT2D eigenvalue weighted by Gasteiger charge is 2.41. The molecule has 3 aromatic rings. The minimum absolute atomic E-state index is 0.168. The van der Waals surface area contributed by atoms with Gasteiger partial charge in [-0.15, -0.1) is 6.42 Å². The number of nitrogens with zero attached hydrogens (tertiary/aromatic N) is 1. The van der Waals surface area contributed by atoms with Gasteiger partial charge in [0.2, 0.25) is 5.91 Å². The van der Waals surface area contributed by atoms with Crippen molar-refractivity contribution in [1.82, 2.24) is 10.2 Å². The predicted molar refractivity (Wildman–Crippen MR) is 153 cm³/mol. The SMILES string of the molecule is C#Cc1ccccc1C(C(=O)Nc1ccc2ccccc2c1)N(C(=O)C(C)NC(=O)OC(C)(C)C)C1CCC1. The molecule has 7 nitrogen and oxygen atoms in total. The second-order valence-electron chi connectivity index (χ2n) is 10.9. The molecule has 2 unspecified atom stereocenters. The Hall–Kier alpha value is -4.31. The highest BCUT2D eigenvalue weighted by molar-refractivity contribution is 6.00. The molecule has 7 heteroatoms. The van der Waals surface area contributed by atoms with E-state index in [1.165, 1.54) is 0 Å². The molecule has 1 aliphatic carbocycles. The van der Waals surface area contributed by atoms with E-state index in [-0.39, 0.29) is 17.9 Å². The van der Waals surface area contributed by atoms with E-state index in [4.69, 9.17) is 11.2 Å². The monoisotopic (exact) mass is 525 g/mol. The summed E-state index contributed by atoms with van der Waals surface area (Å²) in [5.41, 5.74) is 0.987. The first-order valence-electron chi connectivity index (χ1n) is 13.2. The van der Waals surface area contributed by atoms with Crippen molar-refractivity contribution in [3.8, 4) is 12.3 Å². The molecule has 3 aromatic carbocycles. The van der Waals surface area contributed by atoms with Crippen molar-refractivity contribution in [1.29, 1.82) is 0 Å². The minimum atomic E-state index is -0.996. The Labute approximate surface area is 229 Å². The van der Waals surface area contributed by atoms with Crippen LogP contribution in [0.4, 0.5) is 10.5 Å². The van der Waals surface area contributed by atoms with Gasteiger partial charge in [0.25, 0.3) is 5.91 Å². The summed E-state index contributed by atoms with van der Waals surface area (Å²) in [5.74, 6) is 1.91. The van der Waals surface area contributed by atoms with E-state index in [1.807, 2.05) is 42.5 Å². The molecule has 1 aliphatic rings. The minimum Gasteiger partial charge on any atom is -0.444 e. The summed E-state index contributed by atoms with van der Waals surface area (Å²) in [4.78, 5) is 42.1. The summed E-state index contributed by atoms with van der Waals surface area (Å²) in [5, 5.41) is 7.70. The number of carbonyl (C=O) groups is 3. The lowest BCUT2D eigenvalue weighted by molar-refractivity contribution is -0.145. The van der Waals surface area contributed by atoms with E-state index in [9.17, 15) is 14.4 Å². The molecule has 3 amide bonds. The lowest BCUT2D eigenvalue weighted by Gasteiger charge is -2.43. The van der Waals surface area contributed by atoms with Gasteiger partial charge in [0.1, 0.15) is 17.7 Å². The van der Waals surface area contributed by atoms with Gasteiger partial charge in [-0.05, 0) is 81.5 Å². The summed E-state index contributed by atoms with van der Waals surface area (Å²) < 4.78 is 5.36. The quantitative estimate of drug-likeness (QED) is 0.382. The van der Waals surface area contributed by atoms with E-state index >= 15 is 0 Å². The van der Waals surface area contributed by atoms with Crippen LogP contribution < -0.4 is 10.6 Å². The first-order chi connectivity index (χ1) is 18.6. The zero-order valence-corrected chi connectivity index (χ0v) is 22.9. The van der Waals surface area contributed by atoms with Crippen LogP contribution in [0.1, 0.15) is 64.1 Å². The average molecular weight is 526 g/mol. The average Bonchev–Trinajstić information content (AvgIpc) is 2.85. The number of fused-ring (bicyclic) bond motifs is 1. The zero-order valence-electron chi connectivity index (χ0n) is 22.9. The molecule has 2 atom stereocenters. The number of alkyl carbamates (subject to hydrolysis) is 1. The summed E-state index contributed by atoms with van der Waals surface area (Å²) in [6.45, 7) is 6.86. The molecule has 0 radical (unpaired) electrons. The number of carbonyl (C=O) groups excluding carboxylic acids is 3. The number of benzene rings is 3. The van der Waals surface area contributed by atoms with E-state index in [2.05, 4.69) is 16.6 Å². The summed E-state index contributed by atoms with van der Waals surface area (Å²) >= 11 is 0. The smallest absolute Gasteiger partial charge is 0.408 e. The van der Waals surface area contributed by atoms with Crippen LogP contribution in [0.5, 0.6) is 0 Å². The molecule has 2 N–H and O–H groups in total. The highest BCUT2D eigenvalue weighted by atomic mass is 16.6. The van der Waals surface area contributed by atoms with Crippen molar-refractivity contribution in [3.63, 3.8) is 0 Å². The van der Waals surface area contributed by atoms with Crippen molar-refractivity contribution < 1.29 is 19.1 Å². The molecule has 4 rings (SSSR count). The van der Waals surface area contributed by atoms with Crippen molar-refractivity contribution in [3.05, 3.63) is 77.9 Å². The first-order valence-corrected chi connectivity index (χ1v) is 13.2. The largest absolute Gasteiger partial charge is 0.444 e. The van der Waals surface area contributed by atoms with E-state index in [1.54, 1.807) is 56.9 Å². The molecule has 0 saturated heterocycles. The second kappa shape index (κ2) is 11.6. The summed E-state index contributed by atoms with van der Waals surface area (Å²) in [6.07, 6.45) is 7.58. The molecule has 0 heterocycles. The van der Waals surface area contributed by atoms with Crippen LogP contribution in [0.15, 0.2) is 66.7 Å². The van der Waals surface area contributed by atoms with Gasteiger partial charge in [0.15, 0.2) is 0 Å². The normalized spacial score (nSPS) is 14.8. The van der Waals surface area contributed by atoms with Gasteiger partial charge in [-0.25, -0.2) is 4.79 Å². The Kier molecular flexibility index (Phi) is 8.25. The molecule has 0 spiro atoms. The standard InChI is InChI=1S/C32H35N3O4/c1-6-22-12-9-10-17-27(22)28(29(36)34-25-19-18-23-13-7-8-14-24(23)20-25)35(26-15-11-16-26)30(37)21(2)33-31(38)39-32(3,4)5/h1,7-10,12-14,17-21,26,28H,11,15-16H2,2-5H3,(H,33,38)(H,34,36). The number of terminal acetylenes is 1. The third-order valence-corrected chi connectivity index (χ3v) is 6.78. The molecule has 39 heavy (non-hydrogen) atoms. The van der Waals surface area contributed by atoms with Crippen LogP contribution in [0.3, 0.4) is 0 Å². The van der Waals surface area contributed by atoms with E-state index in [0.717, 1.165) is 30.0 Å². The Morgan fingerprint density at radius 1 is 1.00 bits per heavy atom. The van der Waals surface area contributed by atoms with Crippen LogP contribution in [0.2, 0.25) is 0 Å². The van der Waals surface area contributed by atoms with Crippen LogP contribution in [-0.2, 0) is 14.3 Å². The third-order valence-electron chi connectivity index (χ3n) is 6.78. The van der Waals surface area contributed by atoms with Gasteiger partial charge in [-0.2, -0.15) is 0 Å². The van der Waals surface area contributed by atoms with E-state index in [0.29, 0.717) is 16.8 Å². The number of hydrogen-bond donors (Lipinski definition) is 2. The van der Waals surface area contributed by atoms with E-state index < -0.39 is 23.8 Å². The van der Waals surface area contributed by atoms with Gasteiger partial charge in [-0.1, -0.05) is 54.5 Å². The molecule has 202 valence electrons. The molecule has 1 fully saturated rings. The molecule has 0 bridgehead atoms. The van der Waals surface area contributed by atoms with Crippen molar-refractivity contribution >= 4 is 34.4 Å². The van der Waals surface area contributed by atoms with Crippen LogP contribution >= 0.6 is 0 Å². The lowest BCUT2D eigenvalue weighted by Crippen LogP contribution is -2.56. The topological polar surface area (TPSA) is 87.7 Å². The maximum absolute atomic E-state index is 14.1. The Morgan fingerprint density at radius 3 is 2.31 bits per heavy atom. The number of nitrogens with one attached hydrogen (secondary N) is 2. The zero-order chi connectivity index (χ0) is 28.2. The fourth-order valence-corrected chi connectivity index (χ4v) is 4.71. The van der Waals surface area contributed by atoms with Gasteiger partial charge < -0.3 is 20.3 Å². The van der Waals surface area contributed by atoms with Crippen molar-refractivity contribution in [2.45, 2.75) is 70.7 Å². The molecular formula is C32H35N3O4. The van der Waals surface area contributed by atoms with Crippen molar-refractivity contribution in [2.75, 3.05) is 5.32 Å². The maximum atomic E-state index is 14.1. The Morgan fingerprint density at radius 2 is 1.67 bits per heavy atom. The summed E-state index contributed by atoms with van der Waals surface area (Å²) in [6, 6.07) is 18.6. The fourth-order valence-electron chi connectivity index (χ4n) is 4.71. The van der Waals surface area contributed by atoms with Gasteiger partial charge >= 0.3 is 6.09 Å². The second-order valence-corrected chi connectivity index (χ2v) is 10.9. The van der Waals surface area contributed by atoms with Crippen LogP contribution in [0, 0.1) is 12.3 Å². The lowest BCUT2D eigenvalue weighted by atomic mass is 9.87. The number of amides is 3. The van der Waals surface area contributed by atoms with Gasteiger partial charge in [-0.3, -0.25) is 9.59 Å². The molecule has 0 aliphatic heterocycles. The highest BCUT2D eigenvalue weighted by Crippen LogP contribution is 2.35. The molecule has 0 aromatic heterocycles. The van der Waals surface area contributed by atoms with Crippen molar-refractivity contribution in [2.24, 2.45) is 0 Å². The maximum Gasteiger partial charge on any atom is 0.408 e. The predicted octanol–water partition coefficient (Wildman–Crippen LogP) is 5.80. The van der Waals surface area contributed by atoms with Crippen LogP contribution in [-0.4, -0.2) is 40.5 Å². The fraction of sp³-hybridized carbons (Fsp3) is 0.344. The number of anilines is 1. The molecule has 1 saturated carbocycles. The van der Waals surface area contributed by atoms with Gasteiger partial charge in [0.05, 0.1) is 0 Å². The van der Waals surface area contributed by atoms with Crippen LogP contribution in [0.25, 0.3) is 10.8 Å². The first kappa shape index (κ1) is 27.7. The Bertz CT molecular complexity index is 1410. The summed E-state index contributed by atoms with van der Waals surface area (Å²) in [7, 11) is 0. The third kappa shape index (κ3) is 6.58. The number of hydrogen-bond acceptors (Lipinski definition) is 4. The Balaban J connectivity index is 1.70.